The van der Waals surface area contributed by atoms with Gasteiger partial charge < -0.3 is 10.1 Å². The van der Waals surface area contributed by atoms with Gasteiger partial charge in [0.25, 0.3) is 0 Å². The van der Waals surface area contributed by atoms with Gasteiger partial charge in [0.2, 0.25) is 11.1 Å². The quantitative estimate of drug-likeness (QED) is 0.483. The number of carbonyl (C=O) groups excluding carboxylic acids is 1. The molecule has 1 atom stereocenters. The van der Waals surface area contributed by atoms with Gasteiger partial charge in [0.15, 0.2) is 5.78 Å². The maximum atomic E-state index is 13.3. The summed E-state index contributed by atoms with van der Waals surface area (Å²) in [6.07, 6.45) is 3.61. The van der Waals surface area contributed by atoms with E-state index in [2.05, 4.69) is 26.1 Å². The Balaban J connectivity index is 1.82. The third kappa shape index (κ3) is 4.00. The van der Waals surface area contributed by atoms with E-state index in [0.717, 1.165) is 52.8 Å². The van der Waals surface area contributed by atoms with Crippen molar-refractivity contribution in [2.75, 3.05) is 17.7 Å². The number of hydrogen-bond donors (Lipinski definition) is 1. The number of rotatable bonds is 7. The average Bonchev–Trinajstić information content (AvgIpc) is 3.09. The molecule has 0 saturated heterocycles. The van der Waals surface area contributed by atoms with Crippen LogP contribution in [0.4, 0.5) is 5.95 Å². The van der Waals surface area contributed by atoms with E-state index in [-0.39, 0.29) is 17.2 Å². The number of hydrogen-bond acceptors (Lipinski definition) is 6. The Labute approximate surface area is 182 Å². The molecule has 1 aliphatic heterocycles. The van der Waals surface area contributed by atoms with Gasteiger partial charge >= 0.3 is 0 Å². The molecule has 160 valence electrons. The first-order valence-corrected chi connectivity index (χ1v) is 11.8. The normalized spacial score (nSPS) is 19.9. The fraction of sp³-hybridized carbons (Fsp3) is 0.522. The summed E-state index contributed by atoms with van der Waals surface area (Å²) in [7, 11) is 0. The standard InChI is InChI=1S/C23H30N4O2S/c1-5-7-12-30-22-25-21-24-16-13-23(3,4)14-17(28)19(16)20(27(21)26-22)15-10-8-9-11-18(15)29-6-2/h8-11,20H,5-7,12-14H2,1-4H3,(H,24,25,26)/t20-/m0/s1. The molecule has 2 aromatic rings. The molecule has 0 radical (unpaired) electrons. The second-order valence-corrected chi connectivity index (χ2v) is 9.76. The Morgan fingerprint density at radius 2 is 2.07 bits per heavy atom. The lowest BCUT2D eigenvalue weighted by Crippen LogP contribution is -2.36. The third-order valence-corrected chi connectivity index (χ3v) is 6.48. The number of aromatic nitrogens is 3. The molecule has 0 saturated carbocycles. The van der Waals surface area contributed by atoms with Crippen LogP contribution in [0, 0.1) is 5.41 Å². The van der Waals surface area contributed by atoms with Crippen LogP contribution in [0.2, 0.25) is 0 Å². The Morgan fingerprint density at radius 3 is 2.83 bits per heavy atom. The van der Waals surface area contributed by atoms with Crippen molar-refractivity contribution < 1.29 is 9.53 Å². The number of nitrogens with one attached hydrogen (secondary N) is 1. The minimum Gasteiger partial charge on any atom is -0.494 e. The van der Waals surface area contributed by atoms with E-state index in [4.69, 9.17) is 14.8 Å². The van der Waals surface area contributed by atoms with Crippen LogP contribution in [0.3, 0.4) is 0 Å². The summed E-state index contributed by atoms with van der Waals surface area (Å²) in [6, 6.07) is 7.63. The lowest BCUT2D eigenvalue weighted by Gasteiger charge is -2.38. The number of nitrogens with zero attached hydrogens (tertiary/aromatic N) is 3. The smallest absolute Gasteiger partial charge is 0.227 e. The van der Waals surface area contributed by atoms with Gasteiger partial charge in [0.1, 0.15) is 11.8 Å². The van der Waals surface area contributed by atoms with Gasteiger partial charge in [0, 0.05) is 29.0 Å². The molecule has 0 bridgehead atoms. The van der Waals surface area contributed by atoms with Crippen LogP contribution in [0.1, 0.15) is 65.0 Å². The highest BCUT2D eigenvalue weighted by Crippen LogP contribution is 2.47. The largest absolute Gasteiger partial charge is 0.494 e. The van der Waals surface area contributed by atoms with Crippen LogP contribution in [0.5, 0.6) is 5.75 Å². The topological polar surface area (TPSA) is 69.0 Å². The fourth-order valence-corrected chi connectivity index (χ4v) is 5.15. The van der Waals surface area contributed by atoms with Crippen molar-refractivity contribution in [3.05, 3.63) is 41.1 Å². The van der Waals surface area contributed by atoms with Crippen LogP contribution >= 0.6 is 11.8 Å². The molecule has 2 heterocycles. The maximum absolute atomic E-state index is 13.3. The number of ketones is 1. The second kappa shape index (κ2) is 8.46. The van der Waals surface area contributed by atoms with Crippen molar-refractivity contribution in [3.63, 3.8) is 0 Å². The van der Waals surface area contributed by atoms with Crippen molar-refractivity contribution in [1.29, 1.82) is 0 Å². The highest BCUT2D eigenvalue weighted by atomic mass is 32.2. The molecule has 1 aromatic heterocycles. The number of thioether (sulfide) groups is 1. The zero-order valence-electron chi connectivity index (χ0n) is 18.2. The summed E-state index contributed by atoms with van der Waals surface area (Å²) < 4.78 is 7.80. The van der Waals surface area contributed by atoms with E-state index in [1.165, 1.54) is 0 Å². The molecular weight excluding hydrogens is 396 g/mol. The Bertz CT molecular complexity index is 979. The summed E-state index contributed by atoms with van der Waals surface area (Å²) in [4.78, 5) is 18.1. The predicted molar refractivity (Wildman–Crippen MR) is 120 cm³/mol. The van der Waals surface area contributed by atoms with Crippen molar-refractivity contribution >= 4 is 23.5 Å². The van der Waals surface area contributed by atoms with Gasteiger partial charge in [-0.15, -0.1) is 5.10 Å². The van der Waals surface area contributed by atoms with Crippen molar-refractivity contribution in [1.82, 2.24) is 14.8 Å². The van der Waals surface area contributed by atoms with E-state index in [9.17, 15) is 4.79 Å². The molecule has 4 rings (SSSR count). The Kier molecular flexibility index (Phi) is 5.91. The number of para-hydroxylation sites is 1. The van der Waals surface area contributed by atoms with Crippen molar-refractivity contribution in [2.45, 2.75) is 64.6 Å². The average molecular weight is 427 g/mol. The van der Waals surface area contributed by atoms with Gasteiger partial charge in [-0.2, -0.15) is 4.98 Å². The molecule has 1 aromatic carbocycles. The first kappa shape index (κ1) is 21.0. The van der Waals surface area contributed by atoms with Crippen LogP contribution in [0.25, 0.3) is 0 Å². The second-order valence-electron chi connectivity index (χ2n) is 8.70. The molecule has 1 N–H and O–H groups in total. The number of fused-ring (bicyclic) bond motifs is 1. The van der Waals surface area contributed by atoms with E-state index in [1.54, 1.807) is 11.8 Å². The summed E-state index contributed by atoms with van der Waals surface area (Å²) in [5.41, 5.74) is 2.65. The molecule has 0 fully saturated rings. The van der Waals surface area contributed by atoms with Gasteiger partial charge in [-0.25, -0.2) is 4.68 Å². The first-order valence-electron chi connectivity index (χ1n) is 10.8. The maximum Gasteiger partial charge on any atom is 0.227 e. The van der Waals surface area contributed by atoms with Gasteiger partial charge in [-0.1, -0.05) is 57.2 Å². The number of benzene rings is 1. The zero-order valence-corrected chi connectivity index (χ0v) is 19.0. The molecule has 6 nitrogen and oxygen atoms in total. The first-order chi connectivity index (χ1) is 14.4. The zero-order chi connectivity index (χ0) is 21.3. The summed E-state index contributed by atoms with van der Waals surface area (Å²) in [5.74, 6) is 2.65. The van der Waals surface area contributed by atoms with Gasteiger partial charge in [-0.3, -0.25) is 4.79 Å². The lowest BCUT2D eigenvalue weighted by molar-refractivity contribution is -0.118. The van der Waals surface area contributed by atoms with E-state index in [0.29, 0.717) is 19.0 Å². The molecule has 0 spiro atoms. The Hall–Kier alpha value is -2.28. The molecule has 1 aliphatic carbocycles. The number of carbonyl (C=O) groups is 1. The highest BCUT2D eigenvalue weighted by molar-refractivity contribution is 7.99. The minimum atomic E-state index is -0.323. The van der Waals surface area contributed by atoms with E-state index >= 15 is 0 Å². The molecule has 30 heavy (non-hydrogen) atoms. The fourth-order valence-electron chi connectivity index (χ4n) is 4.24. The Morgan fingerprint density at radius 1 is 1.27 bits per heavy atom. The van der Waals surface area contributed by atoms with Crippen LogP contribution < -0.4 is 10.1 Å². The summed E-state index contributed by atoms with van der Waals surface area (Å²) in [6.45, 7) is 9.01. The molecule has 0 amide bonds. The van der Waals surface area contributed by atoms with E-state index < -0.39 is 0 Å². The number of ether oxygens (including phenoxy) is 1. The number of allylic oxidation sites excluding steroid dienone is 2. The van der Waals surface area contributed by atoms with Gasteiger partial charge in [-0.05, 0) is 31.2 Å². The molecule has 7 heteroatoms. The predicted octanol–water partition coefficient (Wildman–Crippen LogP) is 5.23. The molecular formula is C23H30N4O2S. The number of anilines is 1. The van der Waals surface area contributed by atoms with Gasteiger partial charge in [0.05, 0.1) is 6.61 Å². The minimum absolute atomic E-state index is 0.0756. The summed E-state index contributed by atoms with van der Waals surface area (Å²) >= 11 is 1.67. The molecule has 0 unspecified atom stereocenters. The highest BCUT2D eigenvalue weighted by Gasteiger charge is 2.42. The lowest BCUT2D eigenvalue weighted by atomic mass is 9.73. The SMILES string of the molecule is CCCCSc1nc2n(n1)[C@@H](c1ccccc1OCC)C1=C(CC(C)(C)CC1=O)N2. The van der Waals surface area contributed by atoms with E-state index in [1.807, 2.05) is 35.9 Å². The number of Topliss-reactive ketones (excluding diaryl/α,β-unsaturated/α-hetero) is 1. The van der Waals surface area contributed by atoms with Crippen LogP contribution in [-0.2, 0) is 4.79 Å². The van der Waals surface area contributed by atoms with Crippen LogP contribution in [0.15, 0.2) is 40.7 Å². The summed E-state index contributed by atoms with van der Waals surface area (Å²) in [5, 5.41) is 9.00. The monoisotopic (exact) mass is 426 g/mol. The van der Waals surface area contributed by atoms with Crippen LogP contribution in [-0.4, -0.2) is 32.9 Å². The third-order valence-electron chi connectivity index (χ3n) is 5.55. The molecule has 2 aliphatic rings. The van der Waals surface area contributed by atoms with Crippen molar-refractivity contribution in [3.8, 4) is 5.75 Å². The number of unbranched alkanes of at least 4 members (excludes halogenated alkanes) is 1. The van der Waals surface area contributed by atoms with Crippen molar-refractivity contribution in [2.24, 2.45) is 5.41 Å².